The Kier molecular flexibility index (Phi) is 2.47. The number of methoxy groups -OCH3 is 1. The number of allylic oxidation sites excluding steroid dienone is 1. The second-order valence-electron chi connectivity index (χ2n) is 2.62. The van der Waals surface area contributed by atoms with Gasteiger partial charge in [0, 0.05) is 5.57 Å². The second kappa shape index (κ2) is 3.38. The summed E-state index contributed by atoms with van der Waals surface area (Å²) in [5, 5.41) is 8.65. The predicted octanol–water partition coefficient (Wildman–Crippen LogP) is 0.580. The van der Waals surface area contributed by atoms with E-state index < -0.39 is 17.9 Å². The summed E-state index contributed by atoms with van der Waals surface area (Å²) in [6.45, 7) is 0. The van der Waals surface area contributed by atoms with Gasteiger partial charge in [0.25, 0.3) is 0 Å². The first kappa shape index (κ1) is 8.77. The molecule has 0 bridgehead atoms. The number of aliphatic carboxylic acids is 1. The summed E-state index contributed by atoms with van der Waals surface area (Å²) in [6.07, 6.45) is 2.76. The SMILES string of the molecule is COC(=O)C1CCC=C1C(=O)O. The monoisotopic (exact) mass is 170 g/mol. The van der Waals surface area contributed by atoms with Crippen molar-refractivity contribution in [2.75, 3.05) is 7.11 Å². The van der Waals surface area contributed by atoms with Gasteiger partial charge in [0.05, 0.1) is 13.0 Å². The Morgan fingerprint density at radius 3 is 2.83 bits per heavy atom. The molecule has 1 aliphatic rings. The van der Waals surface area contributed by atoms with Crippen LogP contribution < -0.4 is 0 Å². The van der Waals surface area contributed by atoms with Gasteiger partial charge in [-0.05, 0) is 12.8 Å². The van der Waals surface area contributed by atoms with Crippen LogP contribution in [0.15, 0.2) is 11.6 Å². The maximum absolute atomic E-state index is 11.0. The molecular weight excluding hydrogens is 160 g/mol. The summed E-state index contributed by atoms with van der Waals surface area (Å²) in [4.78, 5) is 21.6. The Bertz CT molecular complexity index is 241. The summed E-state index contributed by atoms with van der Waals surface area (Å²) in [7, 11) is 1.26. The smallest absolute Gasteiger partial charge is 0.332 e. The summed E-state index contributed by atoms with van der Waals surface area (Å²) in [5.41, 5.74) is 0.168. The van der Waals surface area contributed by atoms with Crippen LogP contribution in [0.5, 0.6) is 0 Å². The Labute approximate surface area is 69.8 Å². The van der Waals surface area contributed by atoms with E-state index in [1.807, 2.05) is 0 Å². The molecule has 4 heteroatoms. The summed E-state index contributed by atoms with van der Waals surface area (Å²) in [5.74, 6) is -2.04. The van der Waals surface area contributed by atoms with Crippen molar-refractivity contribution < 1.29 is 19.4 Å². The highest BCUT2D eigenvalue weighted by atomic mass is 16.5. The fourth-order valence-corrected chi connectivity index (χ4v) is 1.33. The average molecular weight is 170 g/mol. The van der Waals surface area contributed by atoms with Crippen LogP contribution >= 0.6 is 0 Å². The normalized spacial score (nSPS) is 21.8. The van der Waals surface area contributed by atoms with Crippen molar-refractivity contribution in [1.29, 1.82) is 0 Å². The van der Waals surface area contributed by atoms with Crippen molar-refractivity contribution in [3.05, 3.63) is 11.6 Å². The fourth-order valence-electron chi connectivity index (χ4n) is 1.33. The van der Waals surface area contributed by atoms with Crippen molar-refractivity contribution in [2.45, 2.75) is 12.8 Å². The third-order valence-corrected chi connectivity index (χ3v) is 1.93. The molecule has 0 saturated carbocycles. The van der Waals surface area contributed by atoms with E-state index in [-0.39, 0.29) is 5.57 Å². The van der Waals surface area contributed by atoms with Gasteiger partial charge in [-0.3, -0.25) is 4.79 Å². The maximum Gasteiger partial charge on any atom is 0.332 e. The van der Waals surface area contributed by atoms with E-state index in [1.54, 1.807) is 6.08 Å². The van der Waals surface area contributed by atoms with Gasteiger partial charge < -0.3 is 9.84 Å². The Morgan fingerprint density at radius 2 is 2.33 bits per heavy atom. The van der Waals surface area contributed by atoms with Crippen LogP contribution in [-0.2, 0) is 14.3 Å². The summed E-state index contributed by atoms with van der Waals surface area (Å²) in [6, 6.07) is 0. The number of ether oxygens (including phenoxy) is 1. The van der Waals surface area contributed by atoms with Gasteiger partial charge in [0.2, 0.25) is 0 Å². The number of hydrogen-bond acceptors (Lipinski definition) is 3. The molecule has 0 aromatic heterocycles. The van der Waals surface area contributed by atoms with Gasteiger partial charge in [-0.2, -0.15) is 0 Å². The first-order valence-electron chi connectivity index (χ1n) is 3.68. The minimum atomic E-state index is -1.03. The molecule has 0 aliphatic heterocycles. The number of carboxylic acids is 1. The van der Waals surface area contributed by atoms with Gasteiger partial charge in [0.15, 0.2) is 0 Å². The molecule has 0 aromatic carbocycles. The highest BCUT2D eigenvalue weighted by Crippen LogP contribution is 2.26. The molecule has 0 amide bonds. The van der Waals surface area contributed by atoms with Crippen molar-refractivity contribution in [3.8, 4) is 0 Å². The third kappa shape index (κ3) is 1.47. The number of carbonyl (C=O) groups is 2. The zero-order valence-corrected chi connectivity index (χ0v) is 6.74. The molecule has 0 aromatic rings. The van der Waals surface area contributed by atoms with Crippen LogP contribution in [0.4, 0.5) is 0 Å². The van der Waals surface area contributed by atoms with Gasteiger partial charge >= 0.3 is 11.9 Å². The second-order valence-corrected chi connectivity index (χ2v) is 2.62. The predicted molar refractivity (Wildman–Crippen MR) is 40.5 cm³/mol. The fraction of sp³-hybridized carbons (Fsp3) is 0.500. The minimum absolute atomic E-state index is 0.168. The number of carbonyl (C=O) groups excluding carboxylic acids is 1. The lowest BCUT2D eigenvalue weighted by Crippen LogP contribution is -2.19. The molecule has 1 atom stereocenters. The lowest BCUT2D eigenvalue weighted by atomic mass is 10.0. The first-order valence-corrected chi connectivity index (χ1v) is 3.68. The van der Waals surface area contributed by atoms with Crippen LogP contribution in [0.1, 0.15) is 12.8 Å². The molecule has 1 unspecified atom stereocenters. The average Bonchev–Trinajstić information content (AvgIpc) is 2.50. The molecule has 12 heavy (non-hydrogen) atoms. The molecule has 1 rings (SSSR count). The molecule has 4 nitrogen and oxygen atoms in total. The minimum Gasteiger partial charge on any atom is -0.478 e. The molecular formula is C8H10O4. The lowest BCUT2D eigenvalue weighted by Gasteiger charge is -2.07. The van der Waals surface area contributed by atoms with Crippen molar-refractivity contribution in [2.24, 2.45) is 5.92 Å². The van der Waals surface area contributed by atoms with E-state index in [0.717, 1.165) is 0 Å². The van der Waals surface area contributed by atoms with Crippen molar-refractivity contribution >= 4 is 11.9 Å². The van der Waals surface area contributed by atoms with Gasteiger partial charge in [0.1, 0.15) is 0 Å². The summed E-state index contributed by atoms with van der Waals surface area (Å²) >= 11 is 0. The van der Waals surface area contributed by atoms with Crippen LogP contribution in [0, 0.1) is 5.92 Å². The first-order chi connectivity index (χ1) is 5.66. The molecule has 0 spiro atoms. The molecule has 1 N–H and O–H groups in total. The third-order valence-electron chi connectivity index (χ3n) is 1.93. The van der Waals surface area contributed by atoms with E-state index in [1.165, 1.54) is 7.11 Å². The number of rotatable bonds is 2. The standard InChI is InChI=1S/C8H10O4/c1-12-8(11)6-4-2-3-5(6)7(9)10/h3,6H,2,4H2,1H3,(H,9,10). The molecule has 0 heterocycles. The zero-order chi connectivity index (χ0) is 9.14. The highest BCUT2D eigenvalue weighted by Gasteiger charge is 2.31. The maximum atomic E-state index is 11.0. The highest BCUT2D eigenvalue weighted by molar-refractivity contribution is 5.95. The van der Waals surface area contributed by atoms with Crippen LogP contribution in [0.3, 0.4) is 0 Å². The number of esters is 1. The van der Waals surface area contributed by atoms with E-state index in [0.29, 0.717) is 12.8 Å². The van der Waals surface area contributed by atoms with Gasteiger partial charge in [-0.1, -0.05) is 6.08 Å². The molecule has 0 saturated heterocycles. The van der Waals surface area contributed by atoms with Gasteiger partial charge in [-0.25, -0.2) is 4.79 Å². The Balaban J connectivity index is 2.74. The van der Waals surface area contributed by atoms with E-state index in [4.69, 9.17) is 5.11 Å². The van der Waals surface area contributed by atoms with Crippen LogP contribution in [-0.4, -0.2) is 24.2 Å². The molecule has 1 aliphatic carbocycles. The van der Waals surface area contributed by atoms with E-state index in [9.17, 15) is 9.59 Å². The topological polar surface area (TPSA) is 63.6 Å². The van der Waals surface area contributed by atoms with Crippen LogP contribution in [0.25, 0.3) is 0 Å². The van der Waals surface area contributed by atoms with Crippen molar-refractivity contribution in [3.63, 3.8) is 0 Å². The van der Waals surface area contributed by atoms with E-state index in [2.05, 4.69) is 4.74 Å². The molecule has 66 valence electrons. The van der Waals surface area contributed by atoms with E-state index >= 15 is 0 Å². The van der Waals surface area contributed by atoms with Crippen molar-refractivity contribution in [1.82, 2.24) is 0 Å². The zero-order valence-electron chi connectivity index (χ0n) is 6.74. The Hall–Kier alpha value is -1.32. The molecule has 0 fully saturated rings. The largest absolute Gasteiger partial charge is 0.478 e. The quantitative estimate of drug-likeness (QED) is 0.616. The van der Waals surface area contributed by atoms with Gasteiger partial charge in [-0.15, -0.1) is 0 Å². The lowest BCUT2D eigenvalue weighted by molar-refractivity contribution is -0.146. The number of hydrogen-bond donors (Lipinski definition) is 1. The summed E-state index contributed by atoms with van der Waals surface area (Å²) < 4.78 is 4.47. The molecule has 0 radical (unpaired) electrons. The Morgan fingerprint density at radius 1 is 1.67 bits per heavy atom. The number of carboxylic acid groups (broad SMARTS) is 1. The van der Waals surface area contributed by atoms with Crippen LogP contribution in [0.2, 0.25) is 0 Å².